The largest absolute Gasteiger partial charge is 0.396 e. The zero-order valence-electron chi connectivity index (χ0n) is 6.55. The average Bonchev–Trinajstić information content (AvgIpc) is 1.83. The lowest BCUT2D eigenvalue weighted by Crippen LogP contribution is -2.34. The van der Waals surface area contributed by atoms with E-state index in [0.29, 0.717) is 18.6 Å². The van der Waals surface area contributed by atoms with Crippen LogP contribution in [0.3, 0.4) is 0 Å². The van der Waals surface area contributed by atoms with Gasteiger partial charge in [-0.3, -0.25) is 0 Å². The minimum absolute atomic E-state index is 0.304. The van der Waals surface area contributed by atoms with E-state index >= 15 is 0 Å². The molecular formula is C8H16O2. The molecule has 0 aromatic carbocycles. The summed E-state index contributed by atoms with van der Waals surface area (Å²) >= 11 is 0. The molecule has 2 heteroatoms. The summed E-state index contributed by atoms with van der Waals surface area (Å²) in [5, 5.41) is 8.68. The van der Waals surface area contributed by atoms with Crippen LogP contribution in [0.5, 0.6) is 0 Å². The molecule has 1 saturated heterocycles. The van der Waals surface area contributed by atoms with Gasteiger partial charge in [0.2, 0.25) is 0 Å². The number of hydrogen-bond donors (Lipinski definition) is 1. The van der Waals surface area contributed by atoms with Gasteiger partial charge in [-0.15, -0.1) is 0 Å². The van der Waals surface area contributed by atoms with Gasteiger partial charge < -0.3 is 9.84 Å². The van der Waals surface area contributed by atoms with E-state index in [1.54, 1.807) is 0 Å². The Hall–Kier alpha value is -0.0800. The van der Waals surface area contributed by atoms with E-state index in [0.717, 1.165) is 19.4 Å². The molecule has 0 aromatic heterocycles. The first-order valence-electron chi connectivity index (χ1n) is 4.11. The Labute approximate surface area is 62.2 Å². The van der Waals surface area contributed by atoms with Gasteiger partial charge in [-0.1, -0.05) is 13.3 Å². The zero-order valence-corrected chi connectivity index (χ0v) is 6.55. The fraction of sp³-hybridized carbons (Fsp3) is 1.00. The molecule has 1 fully saturated rings. The molecule has 0 amide bonds. The van der Waals surface area contributed by atoms with Gasteiger partial charge in [-0.2, -0.15) is 0 Å². The molecule has 0 aromatic rings. The van der Waals surface area contributed by atoms with Crippen molar-refractivity contribution in [2.75, 3.05) is 13.2 Å². The van der Waals surface area contributed by atoms with E-state index in [1.807, 2.05) is 0 Å². The van der Waals surface area contributed by atoms with Crippen LogP contribution in [0.15, 0.2) is 0 Å². The maximum absolute atomic E-state index is 8.68. The minimum atomic E-state index is 0.304. The summed E-state index contributed by atoms with van der Waals surface area (Å²) in [7, 11) is 0. The molecule has 0 aliphatic carbocycles. The monoisotopic (exact) mass is 144 g/mol. The van der Waals surface area contributed by atoms with E-state index in [9.17, 15) is 0 Å². The van der Waals surface area contributed by atoms with E-state index in [-0.39, 0.29) is 0 Å². The van der Waals surface area contributed by atoms with Crippen molar-refractivity contribution in [3.63, 3.8) is 0 Å². The van der Waals surface area contributed by atoms with Crippen LogP contribution in [0.2, 0.25) is 0 Å². The third-order valence-electron chi connectivity index (χ3n) is 2.28. The predicted molar refractivity (Wildman–Crippen MR) is 39.8 cm³/mol. The number of aliphatic hydroxyl groups is 1. The second-order valence-electron chi connectivity index (χ2n) is 2.88. The van der Waals surface area contributed by atoms with Gasteiger partial charge in [0.25, 0.3) is 0 Å². The molecule has 1 aliphatic heterocycles. The molecule has 0 saturated carbocycles. The maximum atomic E-state index is 8.68. The van der Waals surface area contributed by atoms with E-state index in [4.69, 9.17) is 9.84 Å². The van der Waals surface area contributed by atoms with Crippen LogP contribution in [-0.4, -0.2) is 24.4 Å². The van der Waals surface area contributed by atoms with Crippen molar-refractivity contribution in [2.45, 2.75) is 32.3 Å². The third kappa shape index (κ3) is 1.70. The van der Waals surface area contributed by atoms with Crippen molar-refractivity contribution in [3.8, 4) is 0 Å². The summed E-state index contributed by atoms with van der Waals surface area (Å²) in [6, 6.07) is 0. The van der Waals surface area contributed by atoms with Crippen LogP contribution >= 0.6 is 0 Å². The number of ether oxygens (including phenoxy) is 1. The lowest BCUT2D eigenvalue weighted by atomic mass is 9.91. The summed E-state index contributed by atoms with van der Waals surface area (Å²) in [5.74, 6) is 0.596. The van der Waals surface area contributed by atoms with Crippen molar-refractivity contribution in [1.29, 1.82) is 0 Å². The molecule has 60 valence electrons. The van der Waals surface area contributed by atoms with Crippen molar-refractivity contribution < 1.29 is 9.84 Å². The summed E-state index contributed by atoms with van der Waals surface area (Å²) in [6.07, 6.45) is 3.68. The van der Waals surface area contributed by atoms with Gasteiger partial charge in [0, 0.05) is 13.2 Å². The topological polar surface area (TPSA) is 29.5 Å². The highest BCUT2D eigenvalue weighted by Crippen LogP contribution is 2.25. The summed E-state index contributed by atoms with van der Waals surface area (Å²) < 4.78 is 5.33. The van der Waals surface area contributed by atoms with Gasteiger partial charge in [-0.25, -0.2) is 0 Å². The molecular weight excluding hydrogens is 128 g/mol. The fourth-order valence-electron chi connectivity index (χ4n) is 1.44. The van der Waals surface area contributed by atoms with Crippen molar-refractivity contribution >= 4 is 0 Å². The Morgan fingerprint density at radius 2 is 2.40 bits per heavy atom. The summed E-state index contributed by atoms with van der Waals surface area (Å²) in [5.41, 5.74) is 0. The zero-order chi connectivity index (χ0) is 7.40. The van der Waals surface area contributed by atoms with Crippen LogP contribution in [0.25, 0.3) is 0 Å². The third-order valence-corrected chi connectivity index (χ3v) is 2.28. The quantitative estimate of drug-likeness (QED) is 0.642. The Balaban J connectivity index is 2.17. The maximum Gasteiger partial charge on any atom is 0.0625 e. The lowest BCUT2D eigenvalue weighted by Gasteiger charge is -2.33. The minimum Gasteiger partial charge on any atom is -0.396 e. The highest BCUT2D eigenvalue weighted by molar-refractivity contribution is 4.74. The van der Waals surface area contributed by atoms with Crippen LogP contribution in [0.4, 0.5) is 0 Å². The fourth-order valence-corrected chi connectivity index (χ4v) is 1.44. The van der Waals surface area contributed by atoms with E-state index < -0.39 is 0 Å². The Morgan fingerprint density at radius 3 is 2.70 bits per heavy atom. The number of hydrogen-bond acceptors (Lipinski definition) is 2. The Bertz CT molecular complexity index is 89.3. The normalized spacial score (nSPS) is 27.6. The van der Waals surface area contributed by atoms with E-state index in [2.05, 4.69) is 6.92 Å². The average molecular weight is 144 g/mol. The second-order valence-corrected chi connectivity index (χ2v) is 2.88. The molecule has 0 bridgehead atoms. The second kappa shape index (κ2) is 3.94. The predicted octanol–water partition coefficient (Wildman–Crippen LogP) is 1.18. The van der Waals surface area contributed by atoms with Gasteiger partial charge in [-0.05, 0) is 18.8 Å². The molecule has 2 atom stereocenters. The molecule has 1 rings (SSSR count). The van der Waals surface area contributed by atoms with Gasteiger partial charge >= 0.3 is 0 Å². The SMILES string of the molecule is CCC(CCO)C1CCO1. The summed E-state index contributed by atoms with van der Waals surface area (Å²) in [4.78, 5) is 0. The van der Waals surface area contributed by atoms with Gasteiger partial charge in [0.15, 0.2) is 0 Å². The van der Waals surface area contributed by atoms with E-state index in [1.165, 1.54) is 6.42 Å². The molecule has 10 heavy (non-hydrogen) atoms. The molecule has 0 spiro atoms. The smallest absolute Gasteiger partial charge is 0.0625 e. The standard InChI is InChI=1S/C8H16O2/c1-2-7(3-5-9)8-4-6-10-8/h7-9H,2-6H2,1H3. The number of rotatable bonds is 4. The first-order valence-corrected chi connectivity index (χ1v) is 4.11. The van der Waals surface area contributed by atoms with Gasteiger partial charge in [0.05, 0.1) is 6.10 Å². The first-order chi connectivity index (χ1) is 4.88. The molecule has 1 aliphatic rings. The molecule has 0 radical (unpaired) electrons. The number of aliphatic hydroxyl groups excluding tert-OH is 1. The molecule has 1 heterocycles. The molecule has 1 N–H and O–H groups in total. The highest BCUT2D eigenvalue weighted by atomic mass is 16.5. The van der Waals surface area contributed by atoms with Crippen LogP contribution in [0, 0.1) is 5.92 Å². The lowest BCUT2D eigenvalue weighted by molar-refractivity contribution is -0.0895. The van der Waals surface area contributed by atoms with Gasteiger partial charge in [0.1, 0.15) is 0 Å². The van der Waals surface area contributed by atoms with Crippen molar-refractivity contribution in [2.24, 2.45) is 5.92 Å². The Kier molecular flexibility index (Phi) is 3.16. The Morgan fingerprint density at radius 1 is 1.70 bits per heavy atom. The van der Waals surface area contributed by atoms with Crippen molar-refractivity contribution in [1.82, 2.24) is 0 Å². The molecule has 2 unspecified atom stereocenters. The summed E-state index contributed by atoms with van der Waals surface area (Å²) in [6.45, 7) is 3.38. The van der Waals surface area contributed by atoms with Crippen LogP contribution in [-0.2, 0) is 4.74 Å². The highest BCUT2D eigenvalue weighted by Gasteiger charge is 2.26. The first kappa shape index (κ1) is 8.02. The van der Waals surface area contributed by atoms with Crippen molar-refractivity contribution in [3.05, 3.63) is 0 Å². The van der Waals surface area contributed by atoms with Crippen LogP contribution < -0.4 is 0 Å². The van der Waals surface area contributed by atoms with Crippen LogP contribution in [0.1, 0.15) is 26.2 Å². The molecule has 2 nitrogen and oxygen atoms in total.